The maximum atomic E-state index is 12.7. The van der Waals surface area contributed by atoms with Crippen LogP contribution >= 0.6 is 0 Å². The third-order valence-electron chi connectivity index (χ3n) is 4.37. The molecule has 25 heavy (non-hydrogen) atoms. The zero-order valence-electron chi connectivity index (χ0n) is 14.5. The first-order chi connectivity index (χ1) is 12.0. The summed E-state index contributed by atoms with van der Waals surface area (Å²) in [5.41, 5.74) is 1.47. The van der Waals surface area contributed by atoms with Crippen molar-refractivity contribution in [1.82, 2.24) is 29.7 Å². The van der Waals surface area contributed by atoms with Crippen LogP contribution in [0.5, 0.6) is 0 Å². The molecule has 1 unspecified atom stereocenters. The second-order valence-corrected chi connectivity index (χ2v) is 6.19. The number of hydrogen-bond donors (Lipinski definition) is 1. The molecule has 3 rings (SSSR count). The summed E-state index contributed by atoms with van der Waals surface area (Å²) in [5, 5.41) is 2.72. The number of imidazole rings is 1. The van der Waals surface area contributed by atoms with Crippen LogP contribution in [0.15, 0.2) is 24.8 Å². The van der Waals surface area contributed by atoms with Gasteiger partial charge in [0.2, 0.25) is 11.8 Å². The van der Waals surface area contributed by atoms with Crippen molar-refractivity contribution in [1.29, 1.82) is 0 Å². The van der Waals surface area contributed by atoms with Crippen LogP contribution in [0.1, 0.15) is 43.0 Å². The topological polar surface area (TPSA) is 93.0 Å². The van der Waals surface area contributed by atoms with Gasteiger partial charge in [0, 0.05) is 25.9 Å². The van der Waals surface area contributed by atoms with Crippen molar-refractivity contribution in [2.24, 2.45) is 0 Å². The molecule has 2 aromatic heterocycles. The summed E-state index contributed by atoms with van der Waals surface area (Å²) >= 11 is 0. The predicted molar refractivity (Wildman–Crippen MR) is 90.2 cm³/mol. The van der Waals surface area contributed by atoms with Gasteiger partial charge in [-0.05, 0) is 19.8 Å². The molecule has 0 aromatic carbocycles. The Morgan fingerprint density at radius 1 is 1.36 bits per heavy atom. The SMILES string of the molecule is CC(=O)NCc1cncc(C2CCCN2C(=O)Cn2ccnc2C)n1. The third kappa shape index (κ3) is 4.01. The van der Waals surface area contributed by atoms with E-state index in [9.17, 15) is 9.59 Å². The molecular weight excluding hydrogens is 320 g/mol. The number of hydrogen-bond acceptors (Lipinski definition) is 5. The average molecular weight is 342 g/mol. The van der Waals surface area contributed by atoms with Crippen LogP contribution in [0.2, 0.25) is 0 Å². The van der Waals surface area contributed by atoms with Gasteiger partial charge < -0.3 is 14.8 Å². The maximum Gasteiger partial charge on any atom is 0.243 e. The molecule has 0 radical (unpaired) electrons. The smallest absolute Gasteiger partial charge is 0.243 e. The Labute approximate surface area is 146 Å². The van der Waals surface area contributed by atoms with Crippen LogP contribution < -0.4 is 5.32 Å². The van der Waals surface area contributed by atoms with E-state index < -0.39 is 0 Å². The number of nitrogens with one attached hydrogen (secondary N) is 1. The lowest BCUT2D eigenvalue weighted by atomic mass is 10.1. The lowest BCUT2D eigenvalue weighted by Crippen LogP contribution is -2.34. The van der Waals surface area contributed by atoms with Crippen LogP contribution in [-0.2, 0) is 22.7 Å². The molecule has 1 aliphatic heterocycles. The van der Waals surface area contributed by atoms with Crippen molar-refractivity contribution in [3.63, 3.8) is 0 Å². The number of nitrogens with zero attached hydrogens (tertiary/aromatic N) is 5. The van der Waals surface area contributed by atoms with Crippen molar-refractivity contribution in [2.45, 2.75) is 45.8 Å². The van der Waals surface area contributed by atoms with Crippen molar-refractivity contribution in [2.75, 3.05) is 6.54 Å². The zero-order chi connectivity index (χ0) is 17.8. The van der Waals surface area contributed by atoms with Crippen LogP contribution in [0.4, 0.5) is 0 Å². The van der Waals surface area contributed by atoms with Crippen molar-refractivity contribution in [3.05, 3.63) is 42.0 Å². The number of amides is 2. The Kier molecular flexibility index (Phi) is 5.06. The van der Waals surface area contributed by atoms with E-state index in [1.807, 2.05) is 22.6 Å². The van der Waals surface area contributed by atoms with Gasteiger partial charge >= 0.3 is 0 Å². The molecule has 132 valence electrons. The molecule has 2 amide bonds. The van der Waals surface area contributed by atoms with E-state index in [0.717, 1.165) is 30.9 Å². The van der Waals surface area contributed by atoms with Gasteiger partial charge in [-0.15, -0.1) is 0 Å². The minimum atomic E-state index is -0.111. The lowest BCUT2D eigenvalue weighted by molar-refractivity contribution is -0.132. The molecule has 8 heteroatoms. The third-order valence-corrected chi connectivity index (χ3v) is 4.37. The van der Waals surface area contributed by atoms with Crippen molar-refractivity contribution in [3.8, 4) is 0 Å². The molecule has 2 aromatic rings. The average Bonchev–Trinajstić information content (AvgIpc) is 3.23. The number of carbonyl (C=O) groups excluding carboxylic acids is 2. The maximum absolute atomic E-state index is 12.7. The van der Waals surface area contributed by atoms with Crippen molar-refractivity contribution >= 4 is 11.8 Å². The summed E-state index contributed by atoms with van der Waals surface area (Å²) in [7, 11) is 0. The van der Waals surface area contributed by atoms with E-state index in [0.29, 0.717) is 12.2 Å². The molecular formula is C17H22N6O2. The molecule has 3 heterocycles. The van der Waals surface area contributed by atoms with Gasteiger partial charge in [0.05, 0.1) is 36.4 Å². The fourth-order valence-electron chi connectivity index (χ4n) is 3.06. The van der Waals surface area contributed by atoms with Crippen LogP contribution in [0.3, 0.4) is 0 Å². The molecule has 1 N–H and O–H groups in total. The van der Waals surface area contributed by atoms with E-state index in [1.165, 1.54) is 6.92 Å². The second kappa shape index (κ2) is 7.42. The van der Waals surface area contributed by atoms with Gasteiger partial charge in [-0.25, -0.2) is 4.98 Å². The Morgan fingerprint density at radius 2 is 2.20 bits per heavy atom. The summed E-state index contributed by atoms with van der Waals surface area (Å²) in [6.45, 7) is 4.68. The van der Waals surface area contributed by atoms with E-state index in [-0.39, 0.29) is 24.4 Å². The van der Waals surface area contributed by atoms with E-state index in [2.05, 4.69) is 20.3 Å². The molecule has 1 fully saturated rings. The Bertz CT molecular complexity index is 772. The summed E-state index contributed by atoms with van der Waals surface area (Å²) in [5.74, 6) is 0.763. The van der Waals surface area contributed by atoms with E-state index in [1.54, 1.807) is 18.6 Å². The van der Waals surface area contributed by atoms with Crippen LogP contribution in [-0.4, -0.2) is 42.8 Å². The largest absolute Gasteiger partial charge is 0.351 e. The molecule has 0 bridgehead atoms. The minimum absolute atomic E-state index is 0.0534. The fraction of sp³-hybridized carbons (Fsp3) is 0.471. The highest BCUT2D eigenvalue weighted by Gasteiger charge is 2.31. The lowest BCUT2D eigenvalue weighted by Gasteiger charge is -2.24. The van der Waals surface area contributed by atoms with Gasteiger partial charge in [0.1, 0.15) is 12.4 Å². The number of likely N-dealkylation sites (tertiary alicyclic amines) is 1. The molecule has 1 aliphatic rings. The Balaban J connectivity index is 1.72. The summed E-state index contributed by atoms with van der Waals surface area (Å²) in [4.78, 5) is 38.6. The van der Waals surface area contributed by atoms with Gasteiger partial charge in [0.25, 0.3) is 0 Å². The quantitative estimate of drug-likeness (QED) is 0.874. The highest BCUT2D eigenvalue weighted by atomic mass is 16.2. The van der Waals surface area contributed by atoms with Crippen molar-refractivity contribution < 1.29 is 9.59 Å². The molecule has 0 saturated carbocycles. The molecule has 0 aliphatic carbocycles. The van der Waals surface area contributed by atoms with Gasteiger partial charge in [-0.1, -0.05) is 0 Å². The van der Waals surface area contributed by atoms with Crippen LogP contribution in [0.25, 0.3) is 0 Å². The first-order valence-electron chi connectivity index (χ1n) is 8.37. The number of aromatic nitrogens is 4. The molecule has 1 saturated heterocycles. The van der Waals surface area contributed by atoms with Gasteiger partial charge in [-0.2, -0.15) is 0 Å². The highest BCUT2D eigenvalue weighted by Crippen LogP contribution is 2.30. The molecule has 0 spiro atoms. The Hall–Kier alpha value is -2.77. The van der Waals surface area contributed by atoms with Gasteiger partial charge in [-0.3, -0.25) is 19.6 Å². The first-order valence-corrected chi connectivity index (χ1v) is 8.37. The van der Waals surface area contributed by atoms with E-state index >= 15 is 0 Å². The molecule has 1 atom stereocenters. The second-order valence-electron chi connectivity index (χ2n) is 6.19. The Morgan fingerprint density at radius 3 is 2.92 bits per heavy atom. The predicted octanol–water partition coefficient (Wildman–Crippen LogP) is 0.981. The summed E-state index contributed by atoms with van der Waals surface area (Å²) in [6, 6.07) is -0.0684. The standard InChI is InChI=1S/C17H22N6O2/c1-12-19-5-7-22(12)11-17(25)23-6-3-4-16(23)15-10-18-8-14(21-15)9-20-13(2)24/h5,7-8,10,16H,3-4,6,9,11H2,1-2H3,(H,20,24). The van der Waals surface area contributed by atoms with Crippen LogP contribution in [0, 0.1) is 6.92 Å². The monoisotopic (exact) mass is 342 g/mol. The molecule has 8 nitrogen and oxygen atoms in total. The fourth-order valence-corrected chi connectivity index (χ4v) is 3.06. The zero-order valence-corrected chi connectivity index (χ0v) is 14.5. The normalized spacial score (nSPS) is 16.9. The highest BCUT2D eigenvalue weighted by molar-refractivity contribution is 5.77. The van der Waals surface area contributed by atoms with E-state index in [4.69, 9.17) is 0 Å². The summed E-state index contributed by atoms with van der Waals surface area (Å²) < 4.78 is 1.84. The first kappa shape index (κ1) is 17.1. The number of rotatable bonds is 5. The number of carbonyl (C=O) groups is 2. The number of aryl methyl sites for hydroxylation is 1. The summed E-state index contributed by atoms with van der Waals surface area (Å²) in [6.07, 6.45) is 8.66. The minimum Gasteiger partial charge on any atom is -0.351 e. The van der Waals surface area contributed by atoms with Gasteiger partial charge in [0.15, 0.2) is 0 Å².